The van der Waals surface area contributed by atoms with Gasteiger partial charge in [-0.2, -0.15) is 0 Å². The second-order valence-corrected chi connectivity index (χ2v) is 14.3. The van der Waals surface area contributed by atoms with Crippen LogP contribution in [0.2, 0.25) is 0 Å². The molecule has 2 nitrogen and oxygen atoms in total. The van der Waals surface area contributed by atoms with Crippen molar-refractivity contribution in [2.75, 3.05) is 6.61 Å². The van der Waals surface area contributed by atoms with Crippen LogP contribution in [-0.4, -0.2) is 11.7 Å². The molecule has 3 heteroatoms. The summed E-state index contributed by atoms with van der Waals surface area (Å²) in [7, 11) is 0. The highest BCUT2D eigenvalue weighted by Gasteiger charge is 2.29. The Morgan fingerprint density at radius 3 is 1.45 bits per heavy atom. The maximum absolute atomic E-state index is 11.4. The number of phenolic OH excluding ortho intramolecular Hbond substituents is 1. The maximum Gasteiger partial charge on any atom is 0.136 e. The minimum atomic E-state index is -0.159. The summed E-state index contributed by atoms with van der Waals surface area (Å²) in [6.07, 6.45) is 0. The minimum absolute atomic E-state index is 0.00588. The summed E-state index contributed by atoms with van der Waals surface area (Å²) in [4.78, 5) is 1.95. The Hall–Kier alpha value is -1.61. The van der Waals surface area contributed by atoms with E-state index in [4.69, 9.17) is 4.74 Å². The molecule has 0 aliphatic heterocycles. The van der Waals surface area contributed by atoms with E-state index >= 15 is 0 Å². The van der Waals surface area contributed by atoms with Crippen molar-refractivity contribution in [1.29, 1.82) is 0 Å². The van der Waals surface area contributed by atoms with Crippen LogP contribution in [0.4, 0.5) is 0 Å². The van der Waals surface area contributed by atoms with Crippen LogP contribution < -0.4 is 4.74 Å². The third kappa shape index (κ3) is 6.50. The molecular formula is C30H46O2S. The summed E-state index contributed by atoms with van der Waals surface area (Å²) in [5.41, 5.74) is 4.47. The monoisotopic (exact) mass is 470 g/mol. The van der Waals surface area contributed by atoms with E-state index in [2.05, 4.69) is 107 Å². The maximum atomic E-state index is 11.4. The quantitative estimate of drug-likeness (QED) is 0.483. The molecule has 0 atom stereocenters. The van der Waals surface area contributed by atoms with E-state index < -0.39 is 0 Å². The molecule has 1 N–H and O–H groups in total. The van der Waals surface area contributed by atoms with Gasteiger partial charge >= 0.3 is 0 Å². The zero-order valence-corrected chi connectivity index (χ0v) is 24.1. The summed E-state index contributed by atoms with van der Waals surface area (Å²) in [6, 6.07) is 8.90. The van der Waals surface area contributed by atoms with Crippen molar-refractivity contribution in [3.63, 3.8) is 0 Å². The van der Waals surface area contributed by atoms with E-state index in [-0.39, 0.29) is 21.7 Å². The Morgan fingerprint density at radius 2 is 1.06 bits per heavy atom. The normalized spacial score (nSPS) is 13.4. The first-order valence-electron chi connectivity index (χ1n) is 12.1. The Kier molecular flexibility index (Phi) is 7.71. The van der Waals surface area contributed by atoms with Gasteiger partial charge in [-0.25, -0.2) is 0 Å². The predicted molar refractivity (Wildman–Crippen MR) is 145 cm³/mol. The fraction of sp³-hybridized carbons (Fsp3) is 0.600. The summed E-state index contributed by atoms with van der Waals surface area (Å²) < 4.78 is 6.27. The summed E-state index contributed by atoms with van der Waals surface area (Å²) in [5, 5.41) is 11.4. The van der Waals surface area contributed by atoms with Crippen LogP contribution >= 0.6 is 11.8 Å². The second kappa shape index (κ2) is 9.21. The van der Waals surface area contributed by atoms with Crippen LogP contribution in [0.15, 0.2) is 34.1 Å². The van der Waals surface area contributed by atoms with Crippen molar-refractivity contribution in [2.24, 2.45) is 0 Å². The lowest BCUT2D eigenvalue weighted by Crippen LogP contribution is -2.18. The van der Waals surface area contributed by atoms with Gasteiger partial charge in [-0.1, -0.05) is 107 Å². The minimum Gasteiger partial charge on any atom is -0.506 e. The average Bonchev–Trinajstić information content (AvgIpc) is 2.60. The molecule has 0 aliphatic carbocycles. The molecule has 0 amide bonds. The standard InChI is InChI=1S/C30H46O2S/c1-14-32-26-22(30(11,12)13)16-20(28(5,6)7)18-24(26)33-23-17-19(27(2,3)4)15-21(25(23)31)29(8,9)10/h15-18,31H,14H2,1-13H3. The number of phenols is 1. The lowest BCUT2D eigenvalue weighted by Gasteiger charge is -2.30. The number of benzene rings is 2. The highest BCUT2D eigenvalue weighted by atomic mass is 32.2. The van der Waals surface area contributed by atoms with Crippen molar-refractivity contribution in [2.45, 2.75) is 121 Å². The van der Waals surface area contributed by atoms with Gasteiger partial charge in [0.05, 0.1) is 16.4 Å². The first-order chi connectivity index (χ1) is 14.8. The highest BCUT2D eigenvalue weighted by Crippen LogP contribution is 2.49. The first-order valence-corrected chi connectivity index (χ1v) is 13.0. The molecule has 0 aliphatic rings. The predicted octanol–water partition coefficient (Wildman–Crippen LogP) is 9.13. The molecule has 0 saturated heterocycles. The van der Waals surface area contributed by atoms with Crippen LogP contribution in [-0.2, 0) is 21.7 Å². The van der Waals surface area contributed by atoms with Gasteiger partial charge in [0.2, 0.25) is 0 Å². The lowest BCUT2D eigenvalue weighted by atomic mass is 9.80. The Labute approximate surface area is 207 Å². The molecule has 0 spiro atoms. The van der Waals surface area contributed by atoms with E-state index in [0.717, 1.165) is 21.1 Å². The van der Waals surface area contributed by atoms with Gasteiger partial charge in [0, 0.05) is 11.1 Å². The van der Waals surface area contributed by atoms with Crippen LogP contribution in [0.25, 0.3) is 0 Å². The van der Waals surface area contributed by atoms with Crippen LogP contribution in [0, 0.1) is 0 Å². The molecule has 184 valence electrons. The van der Waals surface area contributed by atoms with Crippen LogP contribution in [0.5, 0.6) is 11.5 Å². The molecule has 0 bridgehead atoms. The van der Waals surface area contributed by atoms with Gasteiger partial charge in [-0.15, -0.1) is 0 Å². The van der Waals surface area contributed by atoms with Gasteiger partial charge in [0.25, 0.3) is 0 Å². The number of hydrogen-bond acceptors (Lipinski definition) is 3. The zero-order chi connectivity index (χ0) is 25.6. The number of aromatic hydroxyl groups is 1. The fourth-order valence-electron chi connectivity index (χ4n) is 3.77. The Balaban J connectivity index is 2.86. The molecule has 2 aromatic carbocycles. The lowest BCUT2D eigenvalue weighted by molar-refractivity contribution is 0.321. The van der Waals surface area contributed by atoms with Gasteiger partial charge in [0.15, 0.2) is 0 Å². The molecule has 2 aromatic rings. The van der Waals surface area contributed by atoms with E-state index in [1.54, 1.807) is 11.8 Å². The number of ether oxygens (including phenoxy) is 1. The van der Waals surface area contributed by atoms with Crippen molar-refractivity contribution >= 4 is 11.8 Å². The largest absolute Gasteiger partial charge is 0.506 e. The van der Waals surface area contributed by atoms with Gasteiger partial charge < -0.3 is 9.84 Å². The Bertz CT molecular complexity index is 990. The molecular weight excluding hydrogens is 424 g/mol. The smallest absolute Gasteiger partial charge is 0.136 e. The molecule has 0 saturated carbocycles. The van der Waals surface area contributed by atoms with Crippen molar-refractivity contribution in [3.05, 3.63) is 46.5 Å². The van der Waals surface area contributed by atoms with Gasteiger partial charge in [-0.3, -0.25) is 0 Å². The summed E-state index contributed by atoms with van der Waals surface area (Å²) in [5.74, 6) is 1.31. The van der Waals surface area contributed by atoms with E-state index in [0.29, 0.717) is 12.4 Å². The molecule has 0 heterocycles. The number of hydrogen-bond donors (Lipinski definition) is 1. The fourth-order valence-corrected chi connectivity index (χ4v) is 4.85. The molecule has 0 fully saturated rings. The van der Waals surface area contributed by atoms with Crippen molar-refractivity contribution in [3.8, 4) is 11.5 Å². The summed E-state index contributed by atoms with van der Waals surface area (Å²) in [6.45, 7) is 29.3. The van der Waals surface area contributed by atoms with Crippen molar-refractivity contribution in [1.82, 2.24) is 0 Å². The van der Waals surface area contributed by atoms with E-state index in [1.165, 1.54) is 16.7 Å². The topological polar surface area (TPSA) is 29.5 Å². The van der Waals surface area contributed by atoms with Gasteiger partial charge in [0.1, 0.15) is 11.5 Å². The molecule has 2 rings (SSSR count). The van der Waals surface area contributed by atoms with Crippen molar-refractivity contribution < 1.29 is 9.84 Å². The first kappa shape index (κ1) is 27.6. The molecule has 0 unspecified atom stereocenters. The SMILES string of the molecule is CCOc1c(Sc2cc(C(C)(C)C)cc(C(C)(C)C)c2O)cc(C(C)(C)C)cc1C(C)(C)C. The van der Waals surface area contributed by atoms with Gasteiger partial charge in [-0.05, 0) is 51.8 Å². The zero-order valence-electron chi connectivity index (χ0n) is 23.3. The van der Waals surface area contributed by atoms with Crippen LogP contribution in [0.3, 0.4) is 0 Å². The van der Waals surface area contributed by atoms with E-state index in [9.17, 15) is 5.11 Å². The molecule has 33 heavy (non-hydrogen) atoms. The van der Waals surface area contributed by atoms with Crippen LogP contribution in [0.1, 0.15) is 112 Å². The molecule has 0 aromatic heterocycles. The molecule has 0 radical (unpaired) electrons. The van der Waals surface area contributed by atoms with E-state index in [1.807, 2.05) is 6.92 Å². The average molecular weight is 471 g/mol. The summed E-state index contributed by atoms with van der Waals surface area (Å²) >= 11 is 1.63. The third-order valence-electron chi connectivity index (χ3n) is 5.99. The second-order valence-electron chi connectivity index (χ2n) is 13.3. The Morgan fingerprint density at radius 1 is 0.636 bits per heavy atom. The number of rotatable bonds is 4. The highest BCUT2D eigenvalue weighted by molar-refractivity contribution is 7.99. The third-order valence-corrected chi connectivity index (χ3v) is 7.04.